The van der Waals surface area contributed by atoms with Gasteiger partial charge in [0.2, 0.25) is 0 Å². The number of hydrogen-bond donors (Lipinski definition) is 1. The number of hydrogen-bond acceptors (Lipinski definition) is 3. The molecule has 0 saturated heterocycles. The van der Waals surface area contributed by atoms with E-state index in [9.17, 15) is 4.39 Å². The molecule has 0 spiro atoms. The average Bonchev–Trinajstić information content (AvgIpc) is 2.76. The second-order valence-electron chi connectivity index (χ2n) is 3.97. The monoisotopic (exact) mass is 312 g/mol. The molecule has 0 aliphatic heterocycles. The maximum absolute atomic E-state index is 13.0. The summed E-state index contributed by atoms with van der Waals surface area (Å²) in [5.74, 6) is 0.552. The van der Waals surface area contributed by atoms with Crippen molar-refractivity contribution in [1.82, 2.24) is 14.8 Å². The first-order valence-corrected chi connectivity index (χ1v) is 6.48. The maximum Gasteiger partial charge on any atom is 0.138 e. The standard InChI is InChI=1S/C12H14BrFN4/c1-2-18-12(16-7-17-18)6-11(15)9-4-3-8(14)5-10(9)13/h3-5,7,11H,2,6,15H2,1H3. The number of aromatic nitrogens is 3. The topological polar surface area (TPSA) is 56.7 Å². The first-order chi connectivity index (χ1) is 8.61. The van der Waals surface area contributed by atoms with Gasteiger partial charge >= 0.3 is 0 Å². The fourth-order valence-electron chi connectivity index (χ4n) is 1.82. The third-order valence-corrected chi connectivity index (χ3v) is 3.45. The van der Waals surface area contributed by atoms with Crippen LogP contribution in [-0.2, 0) is 13.0 Å². The summed E-state index contributed by atoms with van der Waals surface area (Å²) in [6, 6.07) is 4.27. The predicted molar refractivity (Wildman–Crippen MR) is 70.4 cm³/mol. The molecule has 1 unspecified atom stereocenters. The molecule has 1 atom stereocenters. The smallest absolute Gasteiger partial charge is 0.138 e. The lowest BCUT2D eigenvalue weighted by Crippen LogP contribution is -2.17. The van der Waals surface area contributed by atoms with Crippen molar-refractivity contribution in [3.05, 3.63) is 46.2 Å². The van der Waals surface area contributed by atoms with E-state index in [1.165, 1.54) is 18.5 Å². The van der Waals surface area contributed by atoms with E-state index in [2.05, 4.69) is 26.0 Å². The zero-order valence-corrected chi connectivity index (χ0v) is 11.6. The second kappa shape index (κ2) is 5.58. The lowest BCUT2D eigenvalue weighted by atomic mass is 10.0. The van der Waals surface area contributed by atoms with E-state index in [4.69, 9.17) is 5.73 Å². The Morgan fingerprint density at radius 1 is 1.50 bits per heavy atom. The molecule has 2 N–H and O–H groups in total. The first kappa shape index (κ1) is 13.2. The van der Waals surface area contributed by atoms with Crippen molar-refractivity contribution in [2.75, 3.05) is 0 Å². The van der Waals surface area contributed by atoms with Gasteiger partial charge in [-0.15, -0.1) is 0 Å². The van der Waals surface area contributed by atoms with E-state index in [0.29, 0.717) is 10.9 Å². The molecule has 0 saturated carbocycles. The molecule has 0 fully saturated rings. The Morgan fingerprint density at radius 3 is 2.94 bits per heavy atom. The molecule has 0 bridgehead atoms. The zero-order valence-electron chi connectivity index (χ0n) is 9.98. The van der Waals surface area contributed by atoms with Crippen molar-refractivity contribution in [1.29, 1.82) is 0 Å². The highest BCUT2D eigenvalue weighted by molar-refractivity contribution is 9.10. The van der Waals surface area contributed by atoms with Gasteiger partial charge in [0.1, 0.15) is 18.0 Å². The quantitative estimate of drug-likeness (QED) is 0.943. The van der Waals surface area contributed by atoms with Gasteiger partial charge in [-0.1, -0.05) is 22.0 Å². The molecule has 18 heavy (non-hydrogen) atoms. The molecule has 1 aromatic heterocycles. The predicted octanol–water partition coefficient (Wildman–Crippen LogP) is 2.44. The summed E-state index contributed by atoms with van der Waals surface area (Å²) in [7, 11) is 0. The van der Waals surface area contributed by atoms with Crippen molar-refractivity contribution in [2.24, 2.45) is 5.73 Å². The van der Waals surface area contributed by atoms with E-state index in [0.717, 1.165) is 17.9 Å². The number of benzene rings is 1. The highest BCUT2D eigenvalue weighted by Crippen LogP contribution is 2.24. The van der Waals surface area contributed by atoms with Crippen LogP contribution in [0.5, 0.6) is 0 Å². The third kappa shape index (κ3) is 2.76. The second-order valence-corrected chi connectivity index (χ2v) is 4.82. The largest absolute Gasteiger partial charge is 0.324 e. The molecular formula is C12H14BrFN4. The Labute approximate surface area is 113 Å². The Balaban J connectivity index is 2.19. The van der Waals surface area contributed by atoms with Crippen LogP contribution in [0, 0.1) is 5.82 Å². The number of nitrogens with zero attached hydrogens (tertiary/aromatic N) is 3. The van der Waals surface area contributed by atoms with Crippen LogP contribution in [0.15, 0.2) is 29.0 Å². The van der Waals surface area contributed by atoms with Gasteiger partial charge in [0.15, 0.2) is 0 Å². The molecular weight excluding hydrogens is 299 g/mol. The van der Waals surface area contributed by atoms with Crippen LogP contribution in [0.3, 0.4) is 0 Å². The highest BCUT2D eigenvalue weighted by Gasteiger charge is 2.14. The van der Waals surface area contributed by atoms with Gasteiger partial charge in [0, 0.05) is 23.5 Å². The Morgan fingerprint density at radius 2 is 2.28 bits per heavy atom. The van der Waals surface area contributed by atoms with E-state index >= 15 is 0 Å². The van der Waals surface area contributed by atoms with Crippen LogP contribution < -0.4 is 5.73 Å². The van der Waals surface area contributed by atoms with Crippen molar-refractivity contribution < 1.29 is 4.39 Å². The fraction of sp³-hybridized carbons (Fsp3) is 0.333. The van der Waals surface area contributed by atoms with E-state index in [1.54, 1.807) is 10.7 Å². The summed E-state index contributed by atoms with van der Waals surface area (Å²) in [6.07, 6.45) is 2.09. The van der Waals surface area contributed by atoms with E-state index < -0.39 is 0 Å². The summed E-state index contributed by atoms with van der Waals surface area (Å²) in [6.45, 7) is 2.75. The van der Waals surface area contributed by atoms with Crippen molar-refractivity contribution >= 4 is 15.9 Å². The minimum atomic E-state index is -0.283. The summed E-state index contributed by atoms with van der Waals surface area (Å²) in [4.78, 5) is 4.18. The van der Waals surface area contributed by atoms with Crippen LogP contribution in [0.25, 0.3) is 0 Å². The summed E-state index contributed by atoms with van der Waals surface area (Å²) in [5, 5.41) is 4.10. The Bertz CT molecular complexity index is 541. The molecule has 96 valence electrons. The van der Waals surface area contributed by atoms with E-state index in [1.807, 2.05) is 6.92 Å². The van der Waals surface area contributed by atoms with Gasteiger partial charge in [0.25, 0.3) is 0 Å². The van der Waals surface area contributed by atoms with Crippen LogP contribution in [0.1, 0.15) is 24.4 Å². The van der Waals surface area contributed by atoms with Gasteiger partial charge < -0.3 is 5.73 Å². The van der Waals surface area contributed by atoms with Crippen molar-refractivity contribution in [2.45, 2.75) is 25.9 Å². The number of rotatable bonds is 4. The van der Waals surface area contributed by atoms with Gasteiger partial charge in [0.05, 0.1) is 0 Å². The van der Waals surface area contributed by atoms with Gasteiger partial charge in [-0.25, -0.2) is 9.37 Å². The van der Waals surface area contributed by atoms with Crippen LogP contribution in [0.4, 0.5) is 4.39 Å². The third-order valence-electron chi connectivity index (χ3n) is 2.76. The molecule has 0 radical (unpaired) electrons. The SMILES string of the molecule is CCn1ncnc1CC(N)c1ccc(F)cc1Br. The number of aryl methyl sites for hydroxylation is 1. The van der Waals surface area contributed by atoms with Crippen LogP contribution in [0.2, 0.25) is 0 Å². The molecule has 4 nitrogen and oxygen atoms in total. The molecule has 0 aliphatic carbocycles. The van der Waals surface area contributed by atoms with Crippen LogP contribution >= 0.6 is 15.9 Å². The normalized spacial score (nSPS) is 12.7. The molecule has 6 heteroatoms. The Hall–Kier alpha value is -1.27. The molecule has 0 aliphatic rings. The lowest BCUT2D eigenvalue weighted by molar-refractivity contribution is 0.578. The molecule has 1 heterocycles. The van der Waals surface area contributed by atoms with Gasteiger partial charge in [-0.05, 0) is 24.6 Å². The average molecular weight is 313 g/mol. The van der Waals surface area contributed by atoms with Crippen molar-refractivity contribution in [3.63, 3.8) is 0 Å². The highest BCUT2D eigenvalue weighted by atomic mass is 79.9. The van der Waals surface area contributed by atoms with E-state index in [-0.39, 0.29) is 11.9 Å². The number of halogens is 2. The minimum absolute atomic E-state index is 0.241. The van der Waals surface area contributed by atoms with Gasteiger partial charge in [-0.2, -0.15) is 5.10 Å². The zero-order chi connectivity index (χ0) is 13.1. The minimum Gasteiger partial charge on any atom is -0.324 e. The first-order valence-electron chi connectivity index (χ1n) is 5.69. The molecule has 2 rings (SSSR count). The Kier molecular flexibility index (Phi) is 4.08. The van der Waals surface area contributed by atoms with Gasteiger partial charge in [-0.3, -0.25) is 4.68 Å². The lowest BCUT2D eigenvalue weighted by Gasteiger charge is -2.13. The maximum atomic E-state index is 13.0. The molecule has 1 aromatic carbocycles. The fourth-order valence-corrected chi connectivity index (χ4v) is 2.46. The number of nitrogens with two attached hydrogens (primary N) is 1. The van der Waals surface area contributed by atoms with Crippen molar-refractivity contribution in [3.8, 4) is 0 Å². The summed E-state index contributed by atoms with van der Waals surface area (Å²) < 4.78 is 15.5. The summed E-state index contributed by atoms with van der Waals surface area (Å²) in [5.41, 5.74) is 6.99. The molecule has 0 amide bonds. The molecule has 2 aromatic rings. The van der Waals surface area contributed by atoms with Crippen LogP contribution in [-0.4, -0.2) is 14.8 Å². The summed E-state index contributed by atoms with van der Waals surface area (Å²) >= 11 is 3.32.